The highest BCUT2D eigenvalue weighted by Crippen LogP contribution is 2.19. The smallest absolute Gasteiger partial charge is 0.137 e. The second kappa shape index (κ2) is 9.08. The SMILES string of the molecule is CCc1c(Cl)ncnc1NCCCOCCOC. The molecule has 1 heterocycles. The maximum atomic E-state index is 6.00. The summed E-state index contributed by atoms with van der Waals surface area (Å²) in [5, 5.41) is 3.77. The Kier molecular flexibility index (Phi) is 7.64. The van der Waals surface area contributed by atoms with Crippen molar-refractivity contribution in [2.75, 3.05) is 38.8 Å². The molecule has 102 valence electrons. The van der Waals surface area contributed by atoms with E-state index in [0.29, 0.717) is 25.0 Å². The van der Waals surface area contributed by atoms with Crippen molar-refractivity contribution in [3.8, 4) is 0 Å². The zero-order valence-corrected chi connectivity index (χ0v) is 11.7. The van der Waals surface area contributed by atoms with Crippen LogP contribution in [0.5, 0.6) is 0 Å². The Balaban J connectivity index is 2.25. The van der Waals surface area contributed by atoms with Gasteiger partial charge in [0.1, 0.15) is 17.3 Å². The van der Waals surface area contributed by atoms with Crippen LogP contribution in [0.15, 0.2) is 6.33 Å². The fraction of sp³-hybridized carbons (Fsp3) is 0.667. The molecule has 0 radical (unpaired) electrons. The molecule has 0 aliphatic heterocycles. The Hall–Kier alpha value is -0.910. The van der Waals surface area contributed by atoms with Gasteiger partial charge in [0.2, 0.25) is 0 Å². The lowest BCUT2D eigenvalue weighted by Gasteiger charge is -2.10. The predicted octanol–water partition coefficient (Wildman–Crippen LogP) is 2.16. The van der Waals surface area contributed by atoms with E-state index < -0.39 is 0 Å². The molecule has 0 saturated heterocycles. The first-order valence-electron chi connectivity index (χ1n) is 6.09. The molecule has 18 heavy (non-hydrogen) atoms. The van der Waals surface area contributed by atoms with Crippen LogP contribution in [0.3, 0.4) is 0 Å². The second-order valence-electron chi connectivity index (χ2n) is 3.73. The summed E-state index contributed by atoms with van der Waals surface area (Å²) in [5.41, 5.74) is 0.958. The van der Waals surface area contributed by atoms with Crippen LogP contribution in [0.1, 0.15) is 18.9 Å². The van der Waals surface area contributed by atoms with Crippen LogP contribution in [-0.4, -0.2) is 43.4 Å². The molecule has 1 aromatic heterocycles. The topological polar surface area (TPSA) is 56.3 Å². The van der Waals surface area contributed by atoms with Crippen molar-refractivity contribution >= 4 is 17.4 Å². The first-order chi connectivity index (χ1) is 8.79. The van der Waals surface area contributed by atoms with Crippen LogP contribution in [0.2, 0.25) is 5.15 Å². The van der Waals surface area contributed by atoms with Gasteiger partial charge in [-0.1, -0.05) is 18.5 Å². The van der Waals surface area contributed by atoms with E-state index in [-0.39, 0.29) is 0 Å². The van der Waals surface area contributed by atoms with Crippen LogP contribution < -0.4 is 5.32 Å². The van der Waals surface area contributed by atoms with E-state index in [4.69, 9.17) is 21.1 Å². The molecule has 0 amide bonds. The van der Waals surface area contributed by atoms with Gasteiger partial charge in [-0.15, -0.1) is 0 Å². The number of nitrogens with zero attached hydrogens (tertiary/aromatic N) is 2. The van der Waals surface area contributed by atoms with E-state index in [1.54, 1.807) is 7.11 Å². The summed E-state index contributed by atoms with van der Waals surface area (Å²) >= 11 is 6.00. The van der Waals surface area contributed by atoms with Crippen molar-refractivity contribution in [2.45, 2.75) is 19.8 Å². The number of rotatable bonds is 9. The van der Waals surface area contributed by atoms with Gasteiger partial charge in [0.15, 0.2) is 0 Å². The van der Waals surface area contributed by atoms with Gasteiger partial charge in [-0.25, -0.2) is 9.97 Å². The monoisotopic (exact) mass is 273 g/mol. The molecule has 0 bridgehead atoms. The zero-order chi connectivity index (χ0) is 13.2. The minimum atomic E-state index is 0.520. The lowest BCUT2D eigenvalue weighted by molar-refractivity contribution is 0.0705. The molecule has 5 nitrogen and oxygen atoms in total. The van der Waals surface area contributed by atoms with E-state index in [1.807, 2.05) is 6.92 Å². The minimum absolute atomic E-state index is 0.520. The Morgan fingerprint density at radius 3 is 2.83 bits per heavy atom. The highest BCUT2D eigenvalue weighted by Gasteiger charge is 2.06. The van der Waals surface area contributed by atoms with Gasteiger partial charge in [0.25, 0.3) is 0 Å². The van der Waals surface area contributed by atoms with Gasteiger partial charge in [-0.3, -0.25) is 0 Å². The Morgan fingerprint density at radius 2 is 2.11 bits per heavy atom. The van der Waals surface area contributed by atoms with Gasteiger partial charge in [-0.05, 0) is 12.8 Å². The number of nitrogens with one attached hydrogen (secondary N) is 1. The third-order valence-electron chi connectivity index (χ3n) is 2.44. The van der Waals surface area contributed by atoms with E-state index in [1.165, 1.54) is 6.33 Å². The van der Waals surface area contributed by atoms with Crippen molar-refractivity contribution in [3.05, 3.63) is 17.0 Å². The van der Waals surface area contributed by atoms with Gasteiger partial charge in [0, 0.05) is 25.8 Å². The van der Waals surface area contributed by atoms with Crippen LogP contribution >= 0.6 is 11.6 Å². The maximum absolute atomic E-state index is 6.00. The number of anilines is 1. The normalized spacial score (nSPS) is 10.6. The molecule has 6 heteroatoms. The minimum Gasteiger partial charge on any atom is -0.382 e. The fourth-order valence-corrected chi connectivity index (χ4v) is 1.75. The second-order valence-corrected chi connectivity index (χ2v) is 4.09. The lowest BCUT2D eigenvalue weighted by atomic mass is 10.2. The van der Waals surface area contributed by atoms with Crippen LogP contribution in [-0.2, 0) is 15.9 Å². The predicted molar refractivity (Wildman–Crippen MR) is 72.2 cm³/mol. The average molecular weight is 274 g/mol. The Morgan fingerprint density at radius 1 is 1.28 bits per heavy atom. The summed E-state index contributed by atoms with van der Waals surface area (Å²) in [6, 6.07) is 0. The number of hydrogen-bond acceptors (Lipinski definition) is 5. The van der Waals surface area contributed by atoms with Crippen molar-refractivity contribution < 1.29 is 9.47 Å². The summed E-state index contributed by atoms with van der Waals surface area (Å²) in [7, 11) is 1.66. The van der Waals surface area contributed by atoms with Crippen molar-refractivity contribution in [1.82, 2.24) is 9.97 Å². The molecule has 0 fully saturated rings. The summed E-state index contributed by atoms with van der Waals surface area (Å²) in [5.74, 6) is 0.814. The molecular formula is C12H20ClN3O2. The molecule has 0 aromatic carbocycles. The van der Waals surface area contributed by atoms with Gasteiger partial charge >= 0.3 is 0 Å². The highest BCUT2D eigenvalue weighted by atomic mass is 35.5. The molecule has 1 aromatic rings. The molecule has 0 saturated carbocycles. The Labute approximate surface area is 113 Å². The molecule has 1 N–H and O–H groups in total. The quantitative estimate of drug-likeness (QED) is 0.552. The molecule has 0 spiro atoms. The van der Waals surface area contributed by atoms with E-state index in [2.05, 4.69) is 15.3 Å². The number of aromatic nitrogens is 2. The number of methoxy groups -OCH3 is 1. The van der Waals surface area contributed by atoms with Crippen LogP contribution in [0.25, 0.3) is 0 Å². The first-order valence-corrected chi connectivity index (χ1v) is 6.47. The van der Waals surface area contributed by atoms with Gasteiger partial charge in [0.05, 0.1) is 13.2 Å². The third-order valence-corrected chi connectivity index (χ3v) is 2.76. The molecule has 0 aliphatic carbocycles. The van der Waals surface area contributed by atoms with Gasteiger partial charge < -0.3 is 14.8 Å². The van der Waals surface area contributed by atoms with Crippen molar-refractivity contribution in [1.29, 1.82) is 0 Å². The molecule has 0 unspecified atom stereocenters. The standard InChI is InChI=1S/C12H20ClN3O2/c1-3-10-11(13)15-9-16-12(10)14-5-4-6-18-8-7-17-2/h9H,3-8H2,1-2H3,(H,14,15,16). The average Bonchev–Trinajstić information content (AvgIpc) is 2.38. The van der Waals surface area contributed by atoms with Crippen LogP contribution in [0, 0.1) is 0 Å². The molecule has 0 atom stereocenters. The van der Waals surface area contributed by atoms with Gasteiger partial charge in [-0.2, -0.15) is 0 Å². The maximum Gasteiger partial charge on any atom is 0.137 e. The van der Waals surface area contributed by atoms with E-state index in [0.717, 1.165) is 30.8 Å². The van der Waals surface area contributed by atoms with Crippen LogP contribution in [0.4, 0.5) is 5.82 Å². The fourth-order valence-electron chi connectivity index (χ4n) is 1.48. The van der Waals surface area contributed by atoms with E-state index in [9.17, 15) is 0 Å². The molecule has 0 aliphatic rings. The number of ether oxygens (including phenoxy) is 2. The summed E-state index contributed by atoms with van der Waals surface area (Å²) in [6.07, 6.45) is 3.19. The van der Waals surface area contributed by atoms with Crippen molar-refractivity contribution in [3.63, 3.8) is 0 Å². The zero-order valence-electron chi connectivity index (χ0n) is 10.9. The van der Waals surface area contributed by atoms with E-state index >= 15 is 0 Å². The molecule has 1 rings (SSSR count). The largest absolute Gasteiger partial charge is 0.382 e. The Bertz CT molecular complexity index is 350. The first kappa shape index (κ1) is 15.1. The summed E-state index contributed by atoms with van der Waals surface area (Å²) in [6.45, 7) is 4.80. The molecular weight excluding hydrogens is 254 g/mol. The van der Waals surface area contributed by atoms with Crippen molar-refractivity contribution in [2.24, 2.45) is 0 Å². The summed E-state index contributed by atoms with van der Waals surface area (Å²) < 4.78 is 10.3. The lowest BCUT2D eigenvalue weighted by Crippen LogP contribution is -2.10. The summed E-state index contributed by atoms with van der Waals surface area (Å²) in [4.78, 5) is 8.15. The highest BCUT2D eigenvalue weighted by molar-refractivity contribution is 6.30. The number of hydrogen-bond donors (Lipinski definition) is 1. The number of halogens is 1. The third kappa shape index (κ3) is 5.16.